The van der Waals surface area contributed by atoms with Gasteiger partial charge in [0.2, 0.25) is 0 Å². The first-order valence-corrected chi connectivity index (χ1v) is 9.42. The van der Waals surface area contributed by atoms with Crippen LogP contribution in [0.25, 0.3) is 0 Å². The van der Waals surface area contributed by atoms with Gasteiger partial charge in [0.1, 0.15) is 0 Å². The number of carbonyl (C=O) groups is 2. The number of amides is 1. The summed E-state index contributed by atoms with van der Waals surface area (Å²) in [6.07, 6.45) is 4.98. The van der Waals surface area contributed by atoms with Gasteiger partial charge < -0.3 is 9.80 Å². The van der Waals surface area contributed by atoms with Gasteiger partial charge in [-0.1, -0.05) is 30.3 Å². The van der Waals surface area contributed by atoms with Crippen LogP contribution < -0.4 is 4.90 Å². The number of aromatic nitrogens is 2. The smallest absolute Gasteiger partial charge is 0.258 e. The molecule has 0 atom stereocenters. The van der Waals surface area contributed by atoms with Crippen molar-refractivity contribution in [3.05, 3.63) is 95.5 Å². The molecule has 6 heteroatoms. The highest BCUT2D eigenvalue weighted by Crippen LogP contribution is 2.28. The Bertz CT molecular complexity index is 1080. The van der Waals surface area contributed by atoms with Gasteiger partial charge in [0, 0.05) is 49.4 Å². The Morgan fingerprint density at radius 3 is 2.45 bits per heavy atom. The van der Waals surface area contributed by atoms with Crippen molar-refractivity contribution in [2.24, 2.45) is 0 Å². The van der Waals surface area contributed by atoms with Crippen LogP contribution >= 0.6 is 0 Å². The molecule has 3 aromatic rings. The molecule has 6 nitrogen and oxygen atoms in total. The van der Waals surface area contributed by atoms with E-state index in [1.54, 1.807) is 46.5 Å². The Labute approximate surface area is 169 Å². The van der Waals surface area contributed by atoms with Crippen molar-refractivity contribution < 1.29 is 9.59 Å². The van der Waals surface area contributed by atoms with E-state index in [-0.39, 0.29) is 11.7 Å². The fourth-order valence-corrected chi connectivity index (χ4v) is 3.38. The number of rotatable bonds is 4. The van der Waals surface area contributed by atoms with Crippen molar-refractivity contribution in [3.63, 3.8) is 0 Å². The van der Waals surface area contributed by atoms with E-state index in [0.29, 0.717) is 24.2 Å². The lowest BCUT2D eigenvalue weighted by Gasteiger charge is -2.22. The average molecular weight is 386 g/mol. The molecule has 1 amide bonds. The number of carbonyl (C=O) groups excluding carboxylic acids is 2. The molecular weight excluding hydrogens is 364 g/mol. The maximum absolute atomic E-state index is 13.3. The number of hydrogen-bond donors (Lipinski definition) is 0. The van der Waals surface area contributed by atoms with Gasteiger partial charge in [-0.25, -0.2) is 0 Å². The second kappa shape index (κ2) is 7.75. The lowest BCUT2D eigenvalue weighted by molar-refractivity contribution is 0.0982. The molecule has 0 saturated heterocycles. The van der Waals surface area contributed by atoms with Gasteiger partial charge in [-0.05, 0) is 29.8 Å². The van der Waals surface area contributed by atoms with Crippen LogP contribution in [0.5, 0.6) is 0 Å². The molecule has 2 heterocycles. The maximum Gasteiger partial charge on any atom is 0.258 e. The van der Waals surface area contributed by atoms with Gasteiger partial charge in [-0.3, -0.25) is 14.3 Å². The molecule has 0 fully saturated rings. The van der Waals surface area contributed by atoms with Crippen LogP contribution in [0.2, 0.25) is 0 Å². The standard InChI is InChI=1S/C23H22N4O2/c1-25(2)14-12-22(28)17-7-9-18(10-8-17)23(29)26-16-20-11-13-24-27(20)15-19-5-3-4-6-21(19)26/h3-14H,15-16H2,1-2H3/b14-12+. The second-order valence-electron chi connectivity index (χ2n) is 7.22. The number of anilines is 1. The van der Waals surface area contributed by atoms with E-state index in [1.807, 2.05) is 49.1 Å². The number of ketones is 1. The molecule has 0 bridgehead atoms. The Morgan fingerprint density at radius 2 is 1.69 bits per heavy atom. The van der Waals surface area contributed by atoms with E-state index in [2.05, 4.69) is 5.10 Å². The van der Waals surface area contributed by atoms with Gasteiger partial charge in [0.15, 0.2) is 5.78 Å². The van der Waals surface area contributed by atoms with Gasteiger partial charge in [0.25, 0.3) is 5.91 Å². The number of fused-ring (bicyclic) bond motifs is 2. The normalized spacial score (nSPS) is 13.0. The van der Waals surface area contributed by atoms with E-state index in [9.17, 15) is 9.59 Å². The molecule has 4 rings (SSSR count). The third-order valence-corrected chi connectivity index (χ3v) is 4.91. The van der Waals surface area contributed by atoms with Crippen LogP contribution in [0.1, 0.15) is 32.0 Å². The van der Waals surface area contributed by atoms with Crippen LogP contribution in [0.15, 0.2) is 73.1 Å². The first-order chi connectivity index (χ1) is 14.0. The van der Waals surface area contributed by atoms with Gasteiger partial charge in [-0.15, -0.1) is 0 Å². The molecule has 0 saturated carbocycles. The summed E-state index contributed by atoms with van der Waals surface area (Å²) in [6.45, 7) is 1.08. The lowest BCUT2D eigenvalue weighted by Crippen LogP contribution is -2.30. The topological polar surface area (TPSA) is 58.4 Å². The SMILES string of the molecule is CN(C)/C=C/C(=O)c1ccc(C(=O)N2Cc3ccnn3Cc3ccccc32)cc1. The molecule has 0 spiro atoms. The first kappa shape index (κ1) is 18.7. The molecule has 0 radical (unpaired) electrons. The van der Waals surface area contributed by atoms with Gasteiger partial charge >= 0.3 is 0 Å². The first-order valence-electron chi connectivity index (χ1n) is 9.42. The number of hydrogen-bond acceptors (Lipinski definition) is 4. The Balaban J connectivity index is 1.63. The summed E-state index contributed by atoms with van der Waals surface area (Å²) in [5.41, 5.74) is 4.01. The molecule has 1 aromatic heterocycles. The van der Waals surface area contributed by atoms with Gasteiger partial charge in [0.05, 0.1) is 18.8 Å². The number of benzene rings is 2. The summed E-state index contributed by atoms with van der Waals surface area (Å²) in [4.78, 5) is 29.1. The highest BCUT2D eigenvalue weighted by atomic mass is 16.2. The van der Waals surface area contributed by atoms with Crippen LogP contribution in [0.3, 0.4) is 0 Å². The molecule has 29 heavy (non-hydrogen) atoms. The fourth-order valence-electron chi connectivity index (χ4n) is 3.38. The van der Waals surface area contributed by atoms with Gasteiger partial charge in [-0.2, -0.15) is 5.10 Å². The predicted molar refractivity (Wildman–Crippen MR) is 112 cm³/mol. The van der Waals surface area contributed by atoms with E-state index in [4.69, 9.17) is 0 Å². The molecule has 1 aliphatic heterocycles. The third-order valence-electron chi connectivity index (χ3n) is 4.91. The zero-order valence-electron chi connectivity index (χ0n) is 16.4. The third kappa shape index (κ3) is 3.82. The Kier molecular flexibility index (Phi) is 4.99. The molecule has 2 aromatic carbocycles. The van der Waals surface area contributed by atoms with Crippen LogP contribution in [-0.4, -0.2) is 40.5 Å². The number of nitrogens with zero attached hydrogens (tertiary/aromatic N) is 4. The van der Waals surface area contributed by atoms with E-state index in [1.165, 1.54) is 6.08 Å². The van der Waals surface area contributed by atoms with Crippen molar-refractivity contribution in [3.8, 4) is 0 Å². The minimum absolute atomic E-state index is 0.0956. The molecule has 1 aliphatic rings. The summed E-state index contributed by atoms with van der Waals surface area (Å²) in [6, 6.07) is 16.6. The van der Waals surface area contributed by atoms with Crippen LogP contribution in [-0.2, 0) is 13.1 Å². The van der Waals surface area contributed by atoms with Crippen molar-refractivity contribution in [2.75, 3.05) is 19.0 Å². The van der Waals surface area contributed by atoms with Crippen molar-refractivity contribution in [1.82, 2.24) is 14.7 Å². The molecule has 146 valence electrons. The Hall–Kier alpha value is -3.67. The molecular formula is C23H22N4O2. The molecule has 0 unspecified atom stereocenters. The van der Waals surface area contributed by atoms with Crippen LogP contribution in [0, 0.1) is 0 Å². The summed E-state index contributed by atoms with van der Waals surface area (Å²) in [5.74, 6) is -0.198. The van der Waals surface area contributed by atoms with Crippen molar-refractivity contribution in [2.45, 2.75) is 13.1 Å². The summed E-state index contributed by atoms with van der Waals surface area (Å²) in [7, 11) is 3.72. The highest BCUT2D eigenvalue weighted by Gasteiger charge is 2.25. The van der Waals surface area contributed by atoms with E-state index < -0.39 is 0 Å². The minimum Gasteiger partial charge on any atom is -0.383 e. The maximum atomic E-state index is 13.3. The lowest BCUT2D eigenvalue weighted by atomic mass is 10.1. The zero-order valence-corrected chi connectivity index (χ0v) is 16.4. The summed E-state index contributed by atoms with van der Waals surface area (Å²) in [5, 5.41) is 4.37. The fraction of sp³-hybridized carbons (Fsp3) is 0.174. The quantitative estimate of drug-likeness (QED) is 0.510. The van der Waals surface area contributed by atoms with E-state index in [0.717, 1.165) is 16.9 Å². The zero-order chi connectivity index (χ0) is 20.4. The number of allylic oxidation sites excluding steroid dienone is 1. The van der Waals surface area contributed by atoms with Crippen LogP contribution in [0.4, 0.5) is 5.69 Å². The molecule has 0 N–H and O–H groups in total. The van der Waals surface area contributed by atoms with Crippen molar-refractivity contribution in [1.29, 1.82) is 0 Å². The predicted octanol–water partition coefficient (Wildman–Crippen LogP) is 3.35. The second-order valence-corrected chi connectivity index (χ2v) is 7.22. The average Bonchev–Trinajstić information content (AvgIpc) is 3.10. The van der Waals surface area contributed by atoms with E-state index >= 15 is 0 Å². The summed E-state index contributed by atoms with van der Waals surface area (Å²) >= 11 is 0. The number of para-hydroxylation sites is 1. The van der Waals surface area contributed by atoms with Crippen molar-refractivity contribution >= 4 is 17.4 Å². The molecule has 0 aliphatic carbocycles. The largest absolute Gasteiger partial charge is 0.383 e. The minimum atomic E-state index is -0.102. The highest BCUT2D eigenvalue weighted by molar-refractivity contribution is 6.08. The summed E-state index contributed by atoms with van der Waals surface area (Å²) < 4.78 is 1.92. The monoisotopic (exact) mass is 386 g/mol. The Morgan fingerprint density at radius 1 is 0.966 bits per heavy atom.